The number of amides is 1. The van der Waals surface area contributed by atoms with E-state index in [1.54, 1.807) is 11.3 Å². The van der Waals surface area contributed by atoms with Crippen molar-refractivity contribution in [2.45, 2.75) is 13.3 Å². The Labute approximate surface area is 135 Å². The molecule has 2 heterocycles. The third-order valence-corrected chi connectivity index (χ3v) is 5.70. The first-order valence-corrected chi connectivity index (χ1v) is 8.48. The summed E-state index contributed by atoms with van der Waals surface area (Å²) in [6, 6.07) is 7.75. The summed E-state index contributed by atoms with van der Waals surface area (Å²) >= 11 is 9.26. The van der Waals surface area contributed by atoms with Crippen LogP contribution in [-0.4, -0.2) is 10.5 Å². The van der Waals surface area contributed by atoms with Crippen molar-refractivity contribution in [3.8, 4) is 0 Å². The highest BCUT2D eigenvalue weighted by molar-refractivity contribution is 7.17. The van der Waals surface area contributed by atoms with E-state index in [1.807, 2.05) is 48.2 Å². The fraction of sp³-hybridized carbons (Fsp3) is 0.200. The molecule has 0 fully saturated rings. The predicted molar refractivity (Wildman–Crippen MR) is 89.1 cm³/mol. The molecule has 6 heteroatoms. The van der Waals surface area contributed by atoms with Gasteiger partial charge in [-0.25, -0.2) is 0 Å². The highest BCUT2D eigenvalue weighted by Crippen LogP contribution is 2.28. The molecule has 0 unspecified atom stereocenters. The van der Waals surface area contributed by atoms with Crippen LogP contribution in [0.2, 0.25) is 5.02 Å². The van der Waals surface area contributed by atoms with Gasteiger partial charge in [-0.05, 0) is 30.0 Å². The molecule has 0 spiro atoms. The zero-order valence-corrected chi connectivity index (χ0v) is 14.0. The normalized spacial score (nSPS) is 12.2. The number of carbonyl (C=O) groups is 1. The summed E-state index contributed by atoms with van der Waals surface area (Å²) in [5, 5.41) is 2.66. The van der Waals surface area contributed by atoms with E-state index < -0.39 is 0 Å². The topological polar surface area (TPSA) is 34.4 Å². The fourth-order valence-electron chi connectivity index (χ4n) is 2.22. The van der Waals surface area contributed by atoms with Gasteiger partial charge in [0.25, 0.3) is 5.91 Å². The molecule has 0 aliphatic rings. The Balaban J connectivity index is 2.06. The highest BCUT2D eigenvalue weighted by atomic mass is 35.5. The van der Waals surface area contributed by atoms with Crippen molar-refractivity contribution in [1.29, 1.82) is 0 Å². The summed E-state index contributed by atoms with van der Waals surface area (Å²) in [6.07, 6.45) is 0.346. The molecule has 0 aliphatic heterocycles. The van der Waals surface area contributed by atoms with Gasteiger partial charge in [0.15, 0.2) is 4.80 Å². The van der Waals surface area contributed by atoms with Crippen LogP contribution in [0, 0.1) is 6.92 Å². The van der Waals surface area contributed by atoms with Crippen molar-refractivity contribution < 1.29 is 4.79 Å². The summed E-state index contributed by atoms with van der Waals surface area (Å²) in [5.41, 5.74) is 2.16. The number of hydrogen-bond acceptors (Lipinski definition) is 3. The Bertz CT molecular complexity index is 875. The van der Waals surface area contributed by atoms with Gasteiger partial charge in [-0.1, -0.05) is 35.1 Å². The first kappa shape index (κ1) is 14.5. The molecule has 0 aliphatic carbocycles. The molecule has 1 aromatic carbocycles. The number of thiophene rings is 1. The first-order chi connectivity index (χ1) is 10.1. The number of halogens is 1. The van der Waals surface area contributed by atoms with Crippen molar-refractivity contribution >= 4 is 50.4 Å². The summed E-state index contributed by atoms with van der Waals surface area (Å²) in [7, 11) is 1.92. The van der Waals surface area contributed by atoms with Crippen molar-refractivity contribution in [3.05, 3.63) is 49.9 Å². The van der Waals surface area contributed by atoms with E-state index in [2.05, 4.69) is 4.99 Å². The van der Waals surface area contributed by atoms with E-state index in [4.69, 9.17) is 11.6 Å². The standard InChI is InChI=1S/C15H13ClN2OS2/c1-9-5-6-11(16)14-13(9)18(2)15(21-14)17-12(19)8-10-4-3-7-20-10/h3-7H,8H2,1-2H3. The SMILES string of the molecule is Cc1ccc(Cl)c2sc(=NC(=O)Cc3cccs3)n(C)c12. The van der Waals surface area contributed by atoms with Gasteiger partial charge in [0, 0.05) is 11.9 Å². The fourth-order valence-corrected chi connectivity index (χ4v) is 4.30. The highest BCUT2D eigenvalue weighted by Gasteiger charge is 2.10. The average Bonchev–Trinajstić information content (AvgIpc) is 3.04. The lowest BCUT2D eigenvalue weighted by Gasteiger charge is -2.00. The lowest BCUT2D eigenvalue weighted by atomic mass is 10.2. The van der Waals surface area contributed by atoms with Gasteiger partial charge in [-0.2, -0.15) is 4.99 Å². The first-order valence-electron chi connectivity index (χ1n) is 6.41. The molecule has 21 heavy (non-hydrogen) atoms. The third-order valence-electron chi connectivity index (χ3n) is 3.23. The predicted octanol–water partition coefficient (Wildman–Crippen LogP) is 3.93. The summed E-state index contributed by atoms with van der Waals surface area (Å²) in [5.74, 6) is -0.131. The third kappa shape index (κ3) is 2.81. The van der Waals surface area contributed by atoms with Crippen LogP contribution in [0.25, 0.3) is 10.2 Å². The van der Waals surface area contributed by atoms with E-state index >= 15 is 0 Å². The molecule has 0 saturated heterocycles. The second-order valence-corrected chi connectivity index (χ2v) is 7.16. The molecule has 0 atom stereocenters. The van der Waals surface area contributed by atoms with Crippen LogP contribution >= 0.6 is 34.3 Å². The maximum Gasteiger partial charge on any atom is 0.253 e. The molecular weight excluding hydrogens is 324 g/mol. The molecule has 0 saturated carbocycles. The number of rotatable bonds is 2. The number of nitrogens with zero attached hydrogens (tertiary/aromatic N) is 2. The molecule has 0 radical (unpaired) electrons. The van der Waals surface area contributed by atoms with Crippen molar-refractivity contribution in [2.75, 3.05) is 0 Å². The zero-order valence-electron chi connectivity index (χ0n) is 11.6. The molecule has 1 amide bonds. The van der Waals surface area contributed by atoms with Gasteiger partial charge in [-0.15, -0.1) is 11.3 Å². The molecule has 0 N–H and O–H groups in total. The molecule has 0 bridgehead atoms. The van der Waals surface area contributed by atoms with E-state index in [1.165, 1.54) is 11.3 Å². The number of carbonyl (C=O) groups excluding carboxylic acids is 1. The van der Waals surface area contributed by atoms with Crippen LogP contribution in [0.3, 0.4) is 0 Å². The van der Waals surface area contributed by atoms with Crippen LogP contribution < -0.4 is 4.80 Å². The Morgan fingerprint density at radius 3 is 2.86 bits per heavy atom. The zero-order chi connectivity index (χ0) is 15.0. The van der Waals surface area contributed by atoms with Gasteiger partial charge in [0.2, 0.25) is 0 Å². The van der Waals surface area contributed by atoms with Crippen LogP contribution in [-0.2, 0) is 18.3 Å². The van der Waals surface area contributed by atoms with E-state index in [0.717, 1.165) is 20.7 Å². The molecule has 3 nitrogen and oxygen atoms in total. The minimum Gasteiger partial charge on any atom is -0.319 e. The van der Waals surface area contributed by atoms with Gasteiger partial charge in [-0.3, -0.25) is 4.79 Å². The number of benzene rings is 1. The van der Waals surface area contributed by atoms with Gasteiger partial charge >= 0.3 is 0 Å². The second kappa shape index (κ2) is 5.75. The van der Waals surface area contributed by atoms with Crippen LogP contribution in [0.1, 0.15) is 10.4 Å². The smallest absolute Gasteiger partial charge is 0.253 e. The average molecular weight is 337 g/mol. The van der Waals surface area contributed by atoms with Gasteiger partial charge in [0.05, 0.1) is 21.7 Å². The Hall–Kier alpha value is -1.43. The monoisotopic (exact) mass is 336 g/mol. The van der Waals surface area contributed by atoms with Crippen molar-refractivity contribution in [2.24, 2.45) is 12.0 Å². The summed E-state index contributed by atoms with van der Waals surface area (Å²) in [4.78, 5) is 18.0. The lowest BCUT2D eigenvalue weighted by molar-refractivity contribution is -0.117. The maximum absolute atomic E-state index is 12.1. The van der Waals surface area contributed by atoms with Crippen LogP contribution in [0.5, 0.6) is 0 Å². The number of hydrogen-bond donors (Lipinski definition) is 0. The Kier molecular flexibility index (Phi) is 3.97. The second-order valence-electron chi connectivity index (χ2n) is 4.75. The van der Waals surface area contributed by atoms with E-state index in [0.29, 0.717) is 16.2 Å². The lowest BCUT2D eigenvalue weighted by Crippen LogP contribution is -2.14. The van der Waals surface area contributed by atoms with Crippen LogP contribution in [0.15, 0.2) is 34.6 Å². The number of aromatic nitrogens is 1. The molecule has 3 aromatic rings. The quantitative estimate of drug-likeness (QED) is 0.698. The number of fused-ring (bicyclic) bond motifs is 1. The molecule has 3 rings (SSSR count). The number of thiazole rings is 1. The van der Waals surface area contributed by atoms with Crippen molar-refractivity contribution in [3.63, 3.8) is 0 Å². The largest absolute Gasteiger partial charge is 0.319 e. The Morgan fingerprint density at radius 2 is 2.19 bits per heavy atom. The maximum atomic E-state index is 12.1. The van der Waals surface area contributed by atoms with E-state index in [9.17, 15) is 4.79 Å². The minimum absolute atomic E-state index is 0.131. The van der Waals surface area contributed by atoms with Gasteiger partial charge < -0.3 is 4.57 Å². The molecular formula is C15H13ClN2OS2. The summed E-state index contributed by atoms with van der Waals surface area (Å²) in [6.45, 7) is 2.03. The van der Waals surface area contributed by atoms with Crippen molar-refractivity contribution in [1.82, 2.24) is 4.57 Å². The molecule has 2 aromatic heterocycles. The molecule has 108 valence electrons. The van der Waals surface area contributed by atoms with Gasteiger partial charge in [0.1, 0.15) is 0 Å². The minimum atomic E-state index is -0.131. The summed E-state index contributed by atoms with van der Waals surface area (Å²) < 4.78 is 2.91. The Morgan fingerprint density at radius 1 is 1.38 bits per heavy atom. The number of aryl methyl sites for hydroxylation is 2. The van der Waals surface area contributed by atoms with E-state index in [-0.39, 0.29) is 5.91 Å². The van der Waals surface area contributed by atoms with Crippen LogP contribution in [0.4, 0.5) is 0 Å².